The molecule has 0 amide bonds. The monoisotopic (exact) mass is 301 g/mol. The van der Waals surface area contributed by atoms with Gasteiger partial charge in [0.25, 0.3) is 0 Å². The number of thiazole rings is 1. The fourth-order valence-corrected chi connectivity index (χ4v) is 4.05. The lowest BCUT2D eigenvalue weighted by molar-refractivity contribution is 0.169. The van der Waals surface area contributed by atoms with Gasteiger partial charge in [0, 0.05) is 22.5 Å². The van der Waals surface area contributed by atoms with Crippen LogP contribution in [0.25, 0.3) is 0 Å². The standard InChI is InChI=1S/C13H20BrNS/c1-12(2,3)10-8-16-11(15-10)7-13(9-14)5-4-6-13/h8H,4-7,9H2,1-3H3. The normalized spacial score (nSPS) is 19.5. The van der Waals surface area contributed by atoms with Crippen molar-refractivity contribution in [2.45, 2.75) is 51.9 Å². The molecule has 0 unspecified atom stereocenters. The topological polar surface area (TPSA) is 12.9 Å². The number of hydrogen-bond acceptors (Lipinski definition) is 2. The van der Waals surface area contributed by atoms with Crippen LogP contribution >= 0.6 is 27.3 Å². The number of rotatable bonds is 3. The van der Waals surface area contributed by atoms with Gasteiger partial charge in [-0.25, -0.2) is 4.98 Å². The van der Waals surface area contributed by atoms with E-state index in [1.54, 1.807) is 0 Å². The van der Waals surface area contributed by atoms with E-state index < -0.39 is 0 Å². The van der Waals surface area contributed by atoms with Crippen LogP contribution < -0.4 is 0 Å². The third kappa shape index (κ3) is 2.51. The average Bonchev–Trinajstić information content (AvgIpc) is 2.58. The SMILES string of the molecule is CC(C)(C)c1csc(CC2(CBr)CCC2)n1. The second-order valence-corrected chi connectivity index (χ2v) is 7.54. The van der Waals surface area contributed by atoms with Crippen LogP contribution in [0.1, 0.15) is 50.7 Å². The molecule has 0 saturated heterocycles. The summed E-state index contributed by atoms with van der Waals surface area (Å²) in [6.07, 6.45) is 5.29. The first-order chi connectivity index (χ1) is 7.45. The molecule has 0 atom stereocenters. The van der Waals surface area contributed by atoms with Crippen molar-refractivity contribution in [1.82, 2.24) is 4.98 Å². The molecule has 1 nitrogen and oxygen atoms in total. The fourth-order valence-electron chi connectivity index (χ4n) is 2.09. The van der Waals surface area contributed by atoms with Crippen LogP contribution in [0.4, 0.5) is 0 Å². The first-order valence-electron chi connectivity index (χ1n) is 5.96. The van der Waals surface area contributed by atoms with Gasteiger partial charge in [0.15, 0.2) is 0 Å². The van der Waals surface area contributed by atoms with E-state index in [4.69, 9.17) is 4.98 Å². The Hall–Kier alpha value is 0.110. The Morgan fingerprint density at radius 2 is 2.12 bits per heavy atom. The molecule has 16 heavy (non-hydrogen) atoms. The van der Waals surface area contributed by atoms with E-state index in [1.807, 2.05) is 11.3 Å². The van der Waals surface area contributed by atoms with E-state index >= 15 is 0 Å². The summed E-state index contributed by atoms with van der Waals surface area (Å²) in [6, 6.07) is 0. The van der Waals surface area contributed by atoms with E-state index in [-0.39, 0.29) is 5.41 Å². The second kappa shape index (κ2) is 4.41. The fraction of sp³-hybridized carbons (Fsp3) is 0.769. The lowest BCUT2D eigenvalue weighted by Crippen LogP contribution is -2.33. The third-order valence-electron chi connectivity index (χ3n) is 3.54. The number of alkyl halides is 1. The van der Waals surface area contributed by atoms with Gasteiger partial charge in [-0.2, -0.15) is 0 Å². The minimum absolute atomic E-state index is 0.190. The molecule has 0 radical (unpaired) electrons. The first-order valence-corrected chi connectivity index (χ1v) is 7.96. The second-order valence-electron chi connectivity index (χ2n) is 6.04. The van der Waals surface area contributed by atoms with Gasteiger partial charge in [-0.15, -0.1) is 11.3 Å². The quantitative estimate of drug-likeness (QED) is 0.747. The lowest BCUT2D eigenvalue weighted by atomic mass is 9.68. The summed E-state index contributed by atoms with van der Waals surface area (Å²) in [7, 11) is 0. The highest BCUT2D eigenvalue weighted by Crippen LogP contribution is 2.45. The maximum absolute atomic E-state index is 4.79. The van der Waals surface area contributed by atoms with Crippen molar-refractivity contribution in [2.24, 2.45) is 5.41 Å². The largest absolute Gasteiger partial charge is 0.246 e. The Balaban J connectivity index is 2.08. The minimum atomic E-state index is 0.190. The van der Waals surface area contributed by atoms with E-state index in [0.29, 0.717) is 5.41 Å². The van der Waals surface area contributed by atoms with Gasteiger partial charge in [0.05, 0.1) is 10.7 Å². The van der Waals surface area contributed by atoms with Crippen LogP contribution in [0.15, 0.2) is 5.38 Å². The summed E-state index contributed by atoms with van der Waals surface area (Å²) in [5, 5.41) is 4.68. The molecule has 0 bridgehead atoms. The molecule has 0 N–H and O–H groups in total. The summed E-state index contributed by atoms with van der Waals surface area (Å²) < 4.78 is 0. The van der Waals surface area contributed by atoms with Gasteiger partial charge in [-0.1, -0.05) is 43.1 Å². The predicted molar refractivity (Wildman–Crippen MR) is 74.6 cm³/mol. The van der Waals surface area contributed by atoms with E-state index in [0.717, 1.165) is 5.33 Å². The predicted octanol–water partition coefficient (Wildman–Crippen LogP) is 4.55. The summed E-state index contributed by atoms with van der Waals surface area (Å²) >= 11 is 5.50. The highest BCUT2D eigenvalue weighted by molar-refractivity contribution is 9.09. The third-order valence-corrected chi connectivity index (χ3v) is 5.58. The van der Waals surface area contributed by atoms with Crippen molar-refractivity contribution in [2.75, 3.05) is 5.33 Å². The summed E-state index contributed by atoms with van der Waals surface area (Å²) in [4.78, 5) is 4.79. The molecule has 1 aromatic heterocycles. The number of nitrogens with zero attached hydrogens (tertiary/aromatic N) is 1. The molecule has 0 spiro atoms. The van der Waals surface area contributed by atoms with Crippen molar-refractivity contribution < 1.29 is 0 Å². The van der Waals surface area contributed by atoms with Gasteiger partial charge in [-0.05, 0) is 18.3 Å². The van der Waals surface area contributed by atoms with Gasteiger partial charge < -0.3 is 0 Å². The van der Waals surface area contributed by atoms with Crippen LogP contribution in [0.5, 0.6) is 0 Å². The Bertz CT molecular complexity index is 355. The molecular formula is C13H20BrNS. The van der Waals surface area contributed by atoms with E-state index in [9.17, 15) is 0 Å². The highest BCUT2D eigenvalue weighted by atomic mass is 79.9. The van der Waals surface area contributed by atoms with Crippen molar-refractivity contribution in [3.05, 3.63) is 16.1 Å². The maximum atomic E-state index is 4.79. The van der Waals surface area contributed by atoms with Crippen LogP contribution in [0.2, 0.25) is 0 Å². The first kappa shape index (κ1) is 12.6. The van der Waals surface area contributed by atoms with Crippen molar-refractivity contribution in [3.63, 3.8) is 0 Å². The molecule has 1 aromatic rings. The van der Waals surface area contributed by atoms with Crippen molar-refractivity contribution in [1.29, 1.82) is 0 Å². The van der Waals surface area contributed by atoms with E-state index in [2.05, 4.69) is 42.1 Å². The Labute approximate surface area is 111 Å². The average molecular weight is 302 g/mol. The molecule has 1 fully saturated rings. The summed E-state index contributed by atoms with van der Waals surface area (Å²) in [6.45, 7) is 6.69. The molecule has 2 rings (SSSR count). The van der Waals surface area contributed by atoms with Crippen LogP contribution in [0.3, 0.4) is 0 Å². The lowest BCUT2D eigenvalue weighted by Gasteiger charge is -2.40. The van der Waals surface area contributed by atoms with Crippen LogP contribution in [-0.2, 0) is 11.8 Å². The Morgan fingerprint density at radius 1 is 1.44 bits per heavy atom. The van der Waals surface area contributed by atoms with Crippen LogP contribution in [0, 0.1) is 5.41 Å². The maximum Gasteiger partial charge on any atom is 0.0934 e. The molecular weight excluding hydrogens is 282 g/mol. The summed E-state index contributed by atoms with van der Waals surface area (Å²) in [5.74, 6) is 0. The number of aromatic nitrogens is 1. The van der Waals surface area contributed by atoms with Crippen LogP contribution in [-0.4, -0.2) is 10.3 Å². The Morgan fingerprint density at radius 3 is 2.50 bits per heavy atom. The Kier molecular flexibility index (Phi) is 3.47. The van der Waals surface area contributed by atoms with Gasteiger partial charge in [0.2, 0.25) is 0 Å². The van der Waals surface area contributed by atoms with Crippen molar-refractivity contribution in [3.8, 4) is 0 Å². The van der Waals surface area contributed by atoms with Gasteiger partial charge in [0.1, 0.15) is 0 Å². The van der Waals surface area contributed by atoms with Gasteiger partial charge in [-0.3, -0.25) is 0 Å². The molecule has 0 aromatic carbocycles. The van der Waals surface area contributed by atoms with Gasteiger partial charge >= 0.3 is 0 Å². The molecule has 3 heteroatoms. The highest BCUT2D eigenvalue weighted by Gasteiger charge is 2.36. The molecule has 90 valence electrons. The zero-order valence-corrected chi connectivity index (χ0v) is 12.7. The molecule has 1 saturated carbocycles. The van der Waals surface area contributed by atoms with E-state index in [1.165, 1.54) is 36.4 Å². The number of hydrogen-bond donors (Lipinski definition) is 0. The zero-order chi connectivity index (χ0) is 11.8. The minimum Gasteiger partial charge on any atom is -0.246 e. The molecule has 1 heterocycles. The summed E-state index contributed by atoms with van der Waals surface area (Å²) in [5.41, 5.74) is 1.96. The molecule has 1 aliphatic carbocycles. The molecule has 1 aliphatic rings. The zero-order valence-electron chi connectivity index (χ0n) is 10.3. The molecule has 0 aliphatic heterocycles. The van der Waals surface area contributed by atoms with Crippen molar-refractivity contribution >= 4 is 27.3 Å². The smallest absolute Gasteiger partial charge is 0.0934 e. The number of halogens is 1.